The normalized spacial score (nSPS) is 29.5. The number of benzene rings is 3. The Hall–Kier alpha value is -3.78. The third-order valence-electron chi connectivity index (χ3n) is 20.0. The van der Waals surface area contributed by atoms with Gasteiger partial charge < -0.3 is 14.2 Å². The molecule has 6 fully saturated rings. The smallest absolute Gasteiger partial charge is 0.406 e. The molecular formula is C66H90F12O3. The standard InChI is InChI=1S/C22H29F5O.C22H30F4O.C22H31F3O/c1-14-2-8-17(9-3-14)18-10-6-15(7-11-18)4-5-16-12-19(23)21(20(24)13-16)28-22(25,26)27;1-15-2-9-18(10-3-15)19-11-6-16(7-12-19)4-5-17-8-13-21(20(23)14-17)27-22(24,25)26;1-16-2-10-19(11-3-16)20-12-6-17(7-13-20)4-5-18-8-14-21(15-9-18)26-22(23,24)25/h12-15,17-18H,2-11H2,1H3;8,13-16,18-19H,2-7,9-12H2,1H3;8-9,14-17,19-20H,2-7,10-13H2,1H3. The van der Waals surface area contributed by atoms with Gasteiger partial charge in [-0.15, -0.1) is 39.5 Å². The molecule has 6 saturated carbocycles. The Labute approximate surface area is 474 Å². The van der Waals surface area contributed by atoms with Crippen LogP contribution in [0, 0.1) is 88.5 Å². The fourth-order valence-electron chi connectivity index (χ4n) is 15.0. The van der Waals surface area contributed by atoms with E-state index in [1.54, 1.807) is 18.2 Å². The summed E-state index contributed by atoms with van der Waals surface area (Å²) >= 11 is 0. The van der Waals surface area contributed by atoms with Gasteiger partial charge in [-0.2, -0.15) is 0 Å². The molecule has 0 aromatic heterocycles. The third-order valence-corrected chi connectivity index (χ3v) is 20.0. The predicted molar refractivity (Wildman–Crippen MR) is 294 cm³/mol. The summed E-state index contributed by atoms with van der Waals surface area (Å²) in [7, 11) is 0. The van der Waals surface area contributed by atoms with Crippen LogP contribution in [0.1, 0.15) is 211 Å². The number of rotatable bonds is 15. The van der Waals surface area contributed by atoms with Gasteiger partial charge in [0, 0.05) is 0 Å². The van der Waals surface area contributed by atoms with Crippen LogP contribution in [0.15, 0.2) is 54.6 Å². The van der Waals surface area contributed by atoms with Crippen LogP contribution in [0.2, 0.25) is 0 Å². The van der Waals surface area contributed by atoms with Crippen LogP contribution < -0.4 is 14.2 Å². The van der Waals surface area contributed by atoms with Crippen LogP contribution in [0.3, 0.4) is 0 Å². The van der Waals surface area contributed by atoms with E-state index in [0.717, 1.165) is 127 Å². The number of hydrogen-bond acceptors (Lipinski definition) is 3. The number of hydrogen-bond donors (Lipinski definition) is 0. The molecule has 0 unspecified atom stereocenters. The lowest BCUT2D eigenvalue weighted by molar-refractivity contribution is -0.277. The summed E-state index contributed by atoms with van der Waals surface area (Å²) in [6, 6.07) is 12.1. The van der Waals surface area contributed by atoms with Crippen LogP contribution in [-0.4, -0.2) is 19.1 Å². The Morgan fingerprint density at radius 2 is 0.630 bits per heavy atom. The van der Waals surface area contributed by atoms with Gasteiger partial charge in [0.25, 0.3) is 0 Å². The summed E-state index contributed by atoms with van der Waals surface area (Å²) in [4.78, 5) is 0. The highest BCUT2D eigenvalue weighted by atomic mass is 19.4. The molecule has 6 aliphatic carbocycles. The molecule has 6 aliphatic rings. The summed E-state index contributed by atoms with van der Waals surface area (Å²) in [5.41, 5.74) is 2.22. The first-order valence-electron chi connectivity index (χ1n) is 31.0. The van der Waals surface area contributed by atoms with Gasteiger partial charge in [-0.1, -0.05) is 116 Å². The molecule has 0 aliphatic heterocycles. The molecule has 81 heavy (non-hydrogen) atoms. The van der Waals surface area contributed by atoms with Gasteiger partial charge in [-0.05, 0) is 240 Å². The summed E-state index contributed by atoms with van der Waals surface area (Å²) in [6.07, 6.45) is 22.3. The molecule has 0 N–H and O–H groups in total. The van der Waals surface area contributed by atoms with Gasteiger partial charge in [0.15, 0.2) is 23.2 Å². The third kappa shape index (κ3) is 22.3. The molecular weight excluding hydrogens is 1070 g/mol. The maximum atomic E-state index is 13.8. The summed E-state index contributed by atoms with van der Waals surface area (Å²) in [5.74, 6) is 4.20. The van der Waals surface area contributed by atoms with Gasteiger partial charge in [0.05, 0.1) is 0 Å². The first-order valence-corrected chi connectivity index (χ1v) is 31.0. The van der Waals surface area contributed by atoms with E-state index < -0.39 is 48.0 Å². The van der Waals surface area contributed by atoms with Crippen molar-refractivity contribution in [3.63, 3.8) is 0 Å². The second-order valence-electron chi connectivity index (χ2n) is 26.0. The molecule has 0 spiro atoms. The molecule has 15 heteroatoms. The first-order chi connectivity index (χ1) is 38.4. The first kappa shape index (κ1) is 64.8. The van der Waals surface area contributed by atoms with Crippen LogP contribution in [0.25, 0.3) is 0 Å². The van der Waals surface area contributed by atoms with Crippen molar-refractivity contribution in [3.05, 3.63) is 88.7 Å². The zero-order chi connectivity index (χ0) is 58.3. The zero-order valence-corrected chi connectivity index (χ0v) is 48.1. The molecule has 3 aromatic carbocycles. The van der Waals surface area contributed by atoms with E-state index in [4.69, 9.17) is 0 Å². The molecule has 0 radical (unpaired) electrons. The van der Waals surface area contributed by atoms with Crippen LogP contribution in [0.5, 0.6) is 17.2 Å². The van der Waals surface area contributed by atoms with E-state index in [1.807, 2.05) is 0 Å². The number of alkyl halides is 9. The predicted octanol–water partition coefficient (Wildman–Crippen LogP) is 21.9. The van der Waals surface area contributed by atoms with Gasteiger partial charge in [0.2, 0.25) is 5.75 Å². The highest BCUT2D eigenvalue weighted by molar-refractivity contribution is 5.32. The van der Waals surface area contributed by atoms with Gasteiger partial charge >= 0.3 is 19.1 Å². The van der Waals surface area contributed by atoms with E-state index in [-0.39, 0.29) is 5.75 Å². The molecule has 3 aromatic rings. The monoisotopic (exact) mass is 1160 g/mol. The van der Waals surface area contributed by atoms with Crippen molar-refractivity contribution >= 4 is 0 Å². The fourth-order valence-corrected chi connectivity index (χ4v) is 15.0. The number of aryl methyl sites for hydroxylation is 3. The average Bonchev–Trinajstić information content (AvgIpc) is 3.48. The van der Waals surface area contributed by atoms with Crippen molar-refractivity contribution in [2.45, 2.75) is 232 Å². The largest absolute Gasteiger partial charge is 0.573 e. The van der Waals surface area contributed by atoms with E-state index in [9.17, 15) is 52.7 Å². The molecule has 0 atom stereocenters. The van der Waals surface area contributed by atoms with Crippen LogP contribution >= 0.6 is 0 Å². The Morgan fingerprint density at radius 3 is 0.963 bits per heavy atom. The van der Waals surface area contributed by atoms with Crippen molar-refractivity contribution < 1.29 is 66.9 Å². The van der Waals surface area contributed by atoms with E-state index >= 15 is 0 Å². The summed E-state index contributed by atoms with van der Waals surface area (Å²) in [5, 5.41) is 0. The summed E-state index contributed by atoms with van der Waals surface area (Å²) < 4.78 is 162. The molecule has 0 heterocycles. The number of halogens is 12. The minimum Gasteiger partial charge on any atom is -0.406 e. The lowest BCUT2D eigenvalue weighted by Gasteiger charge is -2.37. The molecule has 456 valence electrons. The van der Waals surface area contributed by atoms with E-state index in [1.165, 1.54) is 159 Å². The van der Waals surface area contributed by atoms with E-state index in [0.29, 0.717) is 30.2 Å². The quantitative estimate of drug-likeness (QED) is 0.142. The summed E-state index contributed by atoms with van der Waals surface area (Å²) in [6.45, 7) is 7.08. The molecule has 9 rings (SSSR count). The van der Waals surface area contributed by atoms with Gasteiger partial charge in [-0.25, -0.2) is 13.2 Å². The van der Waals surface area contributed by atoms with Crippen molar-refractivity contribution in [1.82, 2.24) is 0 Å². The van der Waals surface area contributed by atoms with Crippen LogP contribution in [0.4, 0.5) is 52.7 Å². The topological polar surface area (TPSA) is 27.7 Å². The number of ether oxygens (including phenoxy) is 3. The highest BCUT2D eigenvalue weighted by Gasteiger charge is 2.37. The fraction of sp³-hybridized carbons (Fsp3) is 0.727. The van der Waals surface area contributed by atoms with E-state index in [2.05, 4.69) is 35.0 Å². The Morgan fingerprint density at radius 1 is 0.333 bits per heavy atom. The van der Waals surface area contributed by atoms with Crippen LogP contribution in [-0.2, 0) is 19.3 Å². The zero-order valence-electron chi connectivity index (χ0n) is 48.1. The Balaban J connectivity index is 0.000000175. The lowest BCUT2D eigenvalue weighted by atomic mass is 9.69. The molecule has 0 bridgehead atoms. The lowest BCUT2D eigenvalue weighted by Crippen LogP contribution is -2.25. The van der Waals surface area contributed by atoms with Gasteiger partial charge in [-0.3, -0.25) is 0 Å². The highest BCUT2D eigenvalue weighted by Crippen LogP contribution is 2.45. The van der Waals surface area contributed by atoms with Gasteiger partial charge in [0.1, 0.15) is 5.75 Å². The Kier molecular flexibility index (Phi) is 24.3. The average molecular weight is 1160 g/mol. The SMILES string of the molecule is CC1CCC(C2CCC(CCc3cc(F)c(OC(F)(F)F)c(F)c3)CC2)CC1.CC1CCC(C2CCC(CCc3ccc(OC(F)(F)F)c(F)c3)CC2)CC1.CC1CCC(C2CCC(CCc3ccc(OC(F)(F)F)cc3)CC2)CC1. The minimum atomic E-state index is -5.11. The van der Waals surface area contributed by atoms with Crippen molar-refractivity contribution in [2.24, 2.45) is 71.0 Å². The maximum Gasteiger partial charge on any atom is 0.573 e. The van der Waals surface area contributed by atoms with Crippen molar-refractivity contribution in [2.75, 3.05) is 0 Å². The van der Waals surface area contributed by atoms with Crippen molar-refractivity contribution in [1.29, 1.82) is 0 Å². The minimum absolute atomic E-state index is 0.136. The molecule has 0 amide bonds. The second-order valence-corrected chi connectivity index (χ2v) is 26.0. The molecule has 3 nitrogen and oxygen atoms in total. The van der Waals surface area contributed by atoms with Crippen molar-refractivity contribution in [3.8, 4) is 17.2 Å². The Bertz CT molecular complexity index is 2260. The molecule has 0 saturated heterocycles. The second kappa shape index (κ2) is 30.3. The maximum absolute atomic E-state index is 13.8.